The maximum Gasteiger partial charge on any atom is 0.273 e. The maximum absolute atomic E-state index is 13.7. The van der Waals surface area contributed by atoms with Gasteiger partial charge in [0.15, 0.2) is 0 Å². The zero-order valence-electron chi connectivity index (χ0n) is 18.9. The summed E-state index contributed by atoms with van der Waals surface area (Å²) in [6, 6.07) is 28.7. The van der Waals surface area contributed by atoms with E-state index in [1.807, 2.05) is 30.3 Å². The molecule has 0 aliphatic rings. The molecule has 6 nitrogen and oxygen atoms in total. The Balaban J connectivity index is 1.69. The Hall–Kier alpha value is -3.65. The van der Waals surface area contributed by atoms with Crippen LogP contribution in [0.1, 0.15) is 21.5 Å². The Labute approximate surface area is 219 Å². The fourth-order valence-corrected chi connectivity index (χ4v) is 5.43. The first-order valence-corrected chi connectivity index (χ1v) is 13.0. The largest absolute Gasteiger partial charge is 0.273 e. The molecule has 0 unspecified atom stereocenters. The second-order valence-electron chi connectivity index (χ2n) is 7.69. The van der Waals surface area contributed by atoms with Gasteiger partial charge in [-0.25, -0.2) is 13.8 Å². The lowest BCUT2D eigenvalue weighted by Crippen LogP contribution is -2.33. The van der Waals surface area contributed by atoms with Crippen molar-refractivity contribution in [2.24, 2.45) is 5.10 Å². The van der Waals surface area contributed by atoms with Gasteiger partial charge in [-0.05, 0) is 42.0 Å². The van der Waals surface area contributed by atoms with Crippen LogP contribution >= 0.6 is 23.2 Å². The highest BCUT2D eigenvalue weighted by atomic mass is 35.5. The molecule has 0 aliphatic heterocycles. The minimum absolute atomic E-state index is 0.0337. The lowest BCUT2D eigenvalue weighted by Gasteiger charge is -2.26. The first kappa shape index (κ1) is 25.4. The van der Waals surface area contributed by atoms with Crippen LogP contribution in [0, 0.1) is 0 Å². The molecule has 36 heavy (non-hydrogen) atoms. The molecule has 182 valence electrons. The number of rotatable bonds is 8. The molecule has 0 spiro atoms. The van der Waals surface area contributed by atoms with Crippen molar-refractivity contribution >= 4 is 51.0 Å². The van der Waals surface area contributed by atoms with E-state index in [0.717, 1.165) is 5.56 Å². The number of sulfonamides is 1. The zero-order valence-corrected chi connectivity index (χ0v) is 21.2. The SMILES string of the molecule is O=C(N/N=C\c1ccc(Cl)cc1Cl)c1ccccc1N(Cc1ccccc1)S(=O)(=O)c1ccccc1. The maximum atomic E-state index is 13.7. The molecule has 4 rings (SSSR count). The predicted molar refractivity (Wildman–Crippen MR) is 144 cm³/mol. The fourth-order valence-electron chi connectivity index (χ4n) is 3.48. The number of halogens is 2. The zero-order chi connectivity index (χ0) is 25.5. The van der Waals surface area contributed by atoms with E-state index in [1.54, 1.807) is 60.7 Å². The molecule has 0 bridgehead atoms. The summed E-state index contributed by atoms with van der Waals surface area (Å²) in [6.45, 7) is 0.0337. The third-order valence-corrected chi connectivity index (χ3v) is 7.59. The molecule has 0 heterocycles. The minimum atomic E-state index is -4.00. The standard InChI is InChI=1S/C27H21Cl2N3O3S/c28-22-16-15-21(25(29)17-22)18-30-31-27(33)24-13-7-8-14-26(24)32(19-20-9-3-1-4-10-20)36(34,35)23-11-5-2-6-12-23/h1-18H,19H2,(H,31,33)/b30-18-. The van der Waals surface area contributed by atoms with E-state index in [9.17, 15) is 13.2 Å². The number of carbonyl (C=O) groups excluding carboxylic acids is 1. The lowest BCUT2D eigenvalue weighted by atomic mass is 10.1. The number of para-hydroxylation sites is 1. The van der Waals surface area contributed by atoms with Gasteiger partial charge in [0.25, 0.3) is 15.9 Å². The van der Waals surface area contributed by atoms with Gasteiger partial charge in [0.1, 0.15) is 0 Å². The normalized spacial score (nSPS) is 11.4. The highest BCUT2D eigenvalue weighted by Gasteiger charge is 2.28. The molecule has 0 fully saturated rings. The van der Waals surface area contributed by atoms with E-state index < -0.39 is 15.9 Å². The highest BCUT2D eigenvalue weighted by Crippen LogP contribution is 2.29. The van der Waals surface area contributed by atoms with Crippen molar-refractivity contribution in [1.82, 2.24) is 5.43 Å². The fraction of sp³-hybridized carbons (Fsp3) is 0.0370. The molecule has 0 saturated heterocycles. The molecular formula is C27H21Cl2N3O3S. The van der Waals surface area contributed by atoms with Crippen LogP contribution in [-0.2, 0) is 16.6 Å². The summed E-state index contributed by atoms with van der Waals surface area (Å²) in [6.07, 6.45) is 1.39. The number of hydrogen-bond acceptors (Lipinski definition) is 4. The van der Waals surface area contributed by atoms with Crippen LogP contribution in [0.2, 0.25) is 10.0 Å². The van der Waals surface area contributed by atoms with Crippen LogP contribution in [0.4, 0.5) is 5.69 Å². The lowest BCUT2D eigenvalue weighted by molar-refractivity contribution is 0.0955. The summed E-state index contributed by atoms with van der Waals surface area (Å²) in [5.41, 5.74) is 4.16. The van der Waals surface area contributed by atoms with Gasteiger partial charge in [-0.2, -0.15) is 5.10 Å². The molecule has 4 aromatic carbocycles. The summed E-state index contributed by atoms with van der Waals surface area (Å²) in [5.74, 6) is -0.576. The molecule has 0 aromatic heterocycles. The van der Waals surface area contributed by atoms with Crippen molar-refractivity contribution in [3.8, 4) is 0 Å². The van der Waals surface area contributed by atoms with Crippen molar-refractivity contribution in [3.63, 3.8) is 0 Å². The summed E-state index contributed by atoms with van der Waals surface area (Å²) in [4.78, 5) is 13.2. The minimum Gasteiger partial charge on any atom is -0.267 e. The van der Waals surface area contributed by atoms with E-state index in [0.29, 0.717) is 15.6 Å². The first-order valence-electron chi connectivity index (χ1n) is 10.9. The summed E-state index contributed by atoms with van der Waals surface area (Å²) in [7, 11) is -4.00. The molecule has 0 saturated carbocycles. The Morgan fingerprint density at radius 3 is 2.19 bits per heavy atom. The van der Waals surface area contributed by atoms with Crippen molar-refractivity contribution in [3.05, 3.63) is 130 Å². The molecule has 1 amide bonds. The number of benzene rings is 4. The number of hydrazone groups is 1. The van der Waals surface area contributed by atoms with E-state index in [1.165, 1.54) is 22.7 Å². The average molecular weight is 538 g/mol. The van der Waals surface area contributed by atoms with E-state index in [4.69, 9.17) is 23.2 Å². The number of anilines is 1. The van der Waals surface area contributed by atoms with Crippen LogP contribution in [-0.4, -0.2) is 20.5 Å². The van der Waals surface area contributed by atoms with Gasteiger partial charge in [0, 0.05) is 10.6 Å². The highest BCUT2D eigenvalue weighted by molar-refractivity contribution is 7.92. The molecule has 0 aliphatic carbocycles. The third kappa shape index (κ3) is 5.94. The van der Waals surface area contributed by atoms with Gasteiger partial charge in [-0.1, -0.05) is 89.9 Å². The first-order chi connectivity index (χ1) is 17.4. The van der Waals surface area contributed by atoms with Crippen LogP contribution in [0.25, 0.3) is 0 Å². The topological polar surface area (TPSA) is 78.8 Å². The monoisotopic (exact) mass is 537 g/mol. The Morgan fingerprint density at radius 2 is 1.50 bits per heavy atom. The summed E-state index contributed by atoms with van der Waals surface area (Å²) >= 11 is 12.1. The summed E-state index contributed by atoms with van der Waals surface area (Å²) in [5, 5.41) is 4.85. The van der Waals surface area contributed by atoms with Gasteiger partial charge < -0.3 is 0 Å². The molecular weight excluding hydrogens is 517 g/mol. The number of hydrogen-bond donors (Lipinski definition) is 1. The number of carbonyl (C=O) groups is 1. The van der Waals surface area contributed by atoms with Crippen molar-refractivity contribution in [1.29, 1.82) is 0 Å². The van der Waals surface area contributed by atoms with Crippen LogP contribution < -0.4 is 9.73 Å². The quantitative estimate of drug-likeness (QED) is 0.216. The van der Waals surface area contributed by atoms with Gasteiger partial charge in [0.2, 0.25) is 0 Å². The van der Waals surface area contributed by atoms with Gasteiger partial charge >= 0.3 is 0 Å². The van der Waals surface area contributed by atoms with Crippen molar-refractivity contribution in [2.75, 3.05) is 4.31 Å². The second-order valence-corrected chi connectivity index (χ2v) is 10.4. The number of nitrogens with zero attached hydrogens (tertiary/aromatic N) is 2. The molecule has 0 radical (unpaired) electrons. The Morgan fingerprint density at radius 1 is 0.861 bits per heavy atom. The van der Waals surface area contributed by atoms with Gasteiger partial charge in [-0.3, -0.25) is 9.10 Å². The molecule has 0 atom stereocenters. The third-order valence-electron chi connectivity index (χ3n) is 5.25. The molecule has 1 N–H and O–H groups in total. The Bertz CT molecular complexity index is 1500. The van der Waals surface area contributed by atoms with Gasteiger partial charge in [-0.15, -0.1) is 0 Å². The Kier molecular flexibility index (Phi) is 8.05. The average Bonchev–Trinajstić information content (AvgIpc) is 2.89. The van der Waals surface area contributed by atoms with Crippen molar-refractivity contribution in [2.45, 2.75) is 11.4 Å². The second kappa shape index (κ2) is 11.4. The van der Waals surface area contributed by atoms with Crippen molar-refractivity contribution < 1.29 is 13.2 Å². The van der Waals surface area contributed by atoms with Crippen LogP contribution in [0.5, 0.6) is 0 Å². The van der Waals surface area contributed by atoms with E-state index >= 15 is 0 Å². The smallest absolute Gasteiger partial charge is 0.267 e. The van der Waals surface area contributed by atoms with Crippen LogP contribution in [0.15, 0.2) is 113 Å². The molecule has 4 aromatic rings. The number of nitrogens with one attached hydrogen (secondary N) is 1. The number of amides is 1. The molecule has 9 heteroatoms. The van der Waals surface area contributed by atoms with E-state index in [-0.39, 0.29) is 22.7 Å². The van der Waals surface area contributed by atoms with Crippen LogP contribution in [0.3, 0.4) is 0 Å². The van der Waals surface area contributed by atoms with E-state index in [2.05, 4.69) is 10.5 Å². The van der Waals surface area contributed by atoms with Gasteiger partial charge in [0.05, 0.1) is 33.9 Å². The summed E-state index contributed by atoms with van der Waals surface area (Å²) < 4.78 is 28.7. The predicted octanol–water partition coefficient (Wildman–Crippen LogP) is 6.15.